The number of phenolic OH excluding ortho intramolecular Hbond substituents is 2. The van der Waals surface area contributed by atoms with Crippen LogP contribution in [-0.4, -0.2) is 56.5 Å². The van der Waals surface area contributed by atoms with E-state index in [1.165, 1.54) is 37.4 Å². The van der Waals surface area contributed by atoms with Gasteiger partial charge in [0.25, 0.3) is 11.4 Å². The molecule has 0 unspecified atom stereocenters. The summed E-state index contributed by atoms with van der Waals surface area (Å²) in [6.45, 7) is 32.2. The second kappa shape index (κ2) is 25.1. The Kier molecular flexibility index (Phi) is 21.4. The summed E-state index contributed by atoms with van der Waals surface area (Å²) in [5.74, 6) is 2.13. The van der Waals surface area contributed by atoms with Crippen molar-refractivity contribution < 1.29 is 34.3 Å². The number of hydrogen-bond donors (Lipinski definition) is 2. The Hall–Kier alpha value is -5.92. The predicted molar refractivity (Wildman–Crippen MR) is 271 cm³/mol. The number of azo groups is 1. The largest absolute Gasteiger partial charge is 0.508 e. The number of nitro benzene ring substituents is 2. The van der Waals surface area contributed by atoms with Crippen molar-refractivity contribution in [3.63, 3.8) is 0 Å². The number of rotatable bonds is 18. The number of halogens is 1. The van der Waals surface area contributed by atoms with Gasteiger partial charge >= 0.3 is 0 Å². The van der Waals surface area contributed by atoms with Crippen molar-refractivity contribution in [2.45, 2.75) is 110 Å². The lowest BCUT2D eigenvalue weighted by atomic mass is 9.86. The maximum atomic E-state index is 11.4. The number of methoxy groups -OCH3 is 1. The van der Waals surface area contributed by atoms with Crippen LogP contribution in [0.15, 0.2) is 111 Å². The molecule has 0 saturated heterocycles. The third-order valence-corrected chi connectivity index (χ3v) is 15.9. The number of nitrogens with zero attached hydrogens (tertiary/aromatic N) is 6. The summed E-state index contributed by atoms with van der Waals surface area (Å²) in [4.78, 5) is 20.9. The summed E-state index contributed by atoms with van der Waals surface area (Å²) in [6, 6.07) is 20.1. The van der Waals surface area contributed by atoms with E-state index in [-0.39, 0.29) is 45.0 Å². The van der Waals surface area contributed by atoms with Crippen molar-refractivity contribution in [1.29, 1.82) is 0 Å². The molecule has 0 aromatic heterocycles. The zero-order valence-electron chi connectivity index (χ0n) is 40.5. The molecule has 66 heavy (non-hydrogen) atoms. The third kappa shape index (κ3) is 18.5. The van der Waals surface area contributed by atoms with E-state index in [0.717, 1.165) is 42.4 Å². The minimum Gasteiger partial charge on any atom is -0.508 e. The van der Waals surface area contributed by atoms with Crippen LogP contribution in [0.1, 0.15) is 71.1 Å². The fourth-order valence-electron chi connectivity index (χ4n) is 6.04. The quantitative estimate of drug-likeness (QED) is 0.0319. The molecule has 0 radical (unpaired) electrons. The summed E-state index contributed by atoms with van der Waals surface area (Å²) in [6.07, 6.45) is 1.96. The molecule has 0 heterocycles. The molecule has 18 heteroatoms. The molecular weight excluding hydrogens is 896 g/mol. The second-order valence-corrected chi connectivity index (χ2v) is 29.0. The summed E-state index contributed by atoms with van der Waals surface area (Å²) < 4.78 is 19.6. The van der Waals surface area contributed by atoms with Gasteiger partial charge in [-0.2, -0.15) is 0 Å². The Morgan fingerprint density at radius 2 is 1.14 bits per heavy atom. The van der Waals surface area contributed by atoms with Gasteiger partial charge in [0.15, 0.2) is 11.4 Å². The average molecular weight is 964 g/mol. The average Bonchev–Trinajstić information content (AvgIpc) is 3.24. The van der Waals surface area contributed by atoms with E-state index in [2.05, 4.69) is 91.5 Å². The molecule has 15 nitrogen and oxygen atoms in total. The Morgan fingerprint density at radius 3 is 1.64 bits per heavy atom. The van der Waals surface area contributed by atoms with Gasteiger partial charge in [0.05, 0.1) is 64.2 Å². The van der Waals surface area contributed by atoms with Crippen LogP contribution in [0.5, 0.6) is 28.7 Å². The molecule has 0 amide bonds. The highest BCUT2D eigenvalue weighted by molar-refractivity contribution is 6.82. The molecule has 2 N–H and O–H groups in total. The molecule has 0 saturated carbocycles. The first-order valence-electron chi connectivity index (χ1n) is 21.4. The first-order valence-corrected chi connectivity index (χ1v) is 28.3. The van der Waals surface area contributed by atoms with Gasteiger partial charge < -0.3 is 24.4 Å². The molecule has 0 bridgehead atoms. The molecular formula is C48H67ClN6O9Si2. The van der Waals surface area contributed by atoms with E-state index in [0.29, 0.717) is 29.4 Å². The first kappa shape index (κ1) is 56.2. The zero-order valence-corrected chi connectivity index (χ0v) is 43.2. The van der Waals surface area contributed by atoms with Crippen molar-refractivity contribution in [1.82, 2.24) is 0 Å². The Bertz CT molecular complexity index is 2360. The molecule has 0 aliphatic carbocycles. The Balaban J connectivity index is 0.000000374. The van der Waals surface area contributed by atoms with E-state index in [1.807, 2.05) is 39.0 Å². The third-order valence-electron chi connectivity index (χ3n) is 10.3. The number of hydrogen-bond acceptors (Lipinski definition) is 13. The Labute approximate surface area is 396 Å². The van der Waals surface area contributed by atoms with Gasteiger partial charge in [0.1, 0.15) is 34.4 Å². The van der Waals surface area contributed by atoms with Crippen molar-refractivity contribution in [3.05, 3.63) is 128 Å². The number of benzene rings is 4. The lowest BCUT2D eigenvalue weighted by Crippen LogP contribution is -2.22. The van der Waals surface area contributed by atoms with Gasteiger partial charge in [0.2, 0.25) is 0 Å². The lowest BCUT2D eigenvalue weighted by molar-refractivity contribution is -0.384. The summed E-state index contributed by atoms with van der Waals surface area (Å²) in [7, 11) is -1.19. The van der Waals surface area contributed by atoms with Crippen molar-refractivity contribution in [2.24, 2.45) is 20.0 Å². The fraction of sp³-hybridized carbons (Fsp3) is 0.417. The highest BCUT2D eigenvalue weighted by Crippen LogP contribution is 2.42. The monoisotopic (exact) mass is 962 g/mol. The Morgan fingerprint density at radius 1 is 0.667 bits per heavy atom. The van der Waals surface area contributed by atoms with Crippen LogP contribution < -0.4 is 14.2 Å². The summed E-state index contributed by atoms with van der Waals surface area (Å²) in [5, 5.41) is 54.3. The van der Waals surface area contributed by atoms with Gasteiger partial charge in [-0.1, -0.05) is 90.5 Å². The molecule has 358 valence electrons. The van der Waals surface area contributed by atoms with Crippen LogP contribution in [0, 0.1) is 27.2 Å². The van der Waals surface area contributed by atoms with Crippen molar-refractivity contribution in [2.75, 3.05) is 20.3 Å². The maximum Gasteiger partial charge on any atom is 0.300 e. The summed E-state index contributed by atoms with van der Waals surface area (Å²) in [5.41, 5.74) is 6.21. The topological polar surface area (TPSA) is 204 Å². The van der Waals surface area contributed by atoms with E-state index < -0.39 is 26.0 Å². The van der Waals surface area contributed by atoms with Gasteiger partial charge in [-0.05, 0) is 78.6 Å². The molecule has 4 aromatic carbocycles. The molecule has 4 rings (SSSR count). The second-order valence-electron chi connectivity index (χ2n) is 19.0. The molecule has 4 aromatic rings. The normalized spacial score (nSPS) is 11.8. The van der Waals surface area contributed by atoms with Gasteiger partial charge in [-0.3, -0.25) is 20.2 Å². The molecule has 0 spiro atoms. The smallest absolute Gasteiger partial charge is 0.300 e. The molecule has 0 aliphatic rings. The molecule has 0 aliphatic heterocycles. The highest BCUT2D eigenvalue weighted by Gasteiger charge is 2.24. The minimum atomic E-state index is -1.39. The number of phenols is 2. The van der Waals surface area contributed by atoms with Crippen LogP contribution >= 0.6 is 11.8 Å². The SMILES string of the molecule is C=C[Si](C)(C)CCCOc1cc(N=Nc2ccc(C)cc2[N+](=O)[O-])c(O)c(C(C)(C)C)c1.C=C[Si](C)(C)CCCOc1ccc(O)c(C(C)(C)C)c1.COc1ccc(N=NCl)c([N+](=O)[O-])c1. The lowest BCUT2D eigenvalue weighted by Gasteiger charge is -2.22. The predicted octanol–water partition coefficient (Wildman–Crippen LogP) is 15.3. The highest BCUT2D eigenvalue weighted by atomic mass is 35.5. The standard InChI is InChI=1S/C24H33N3O4Si.C17H28O2Si.C7H6ClN3O3/c1-8-32(6,7)13-9-12-31-18-15-19(24(3,4)5)23(28)21(16-18)26-25-20-11-10-17(2)14-22(20)27(29)30;1-7-20(5,6)12-8-11-19-14-9-10-16(18)15(13-14)17(2,3)4;1-14-5-2-3-6(9-10-8)7(4-5)11(12)13/h8,10-11,14-16,28H,1,9,12-13H2,2-7H3;7,9-10,13,18H,1,8,11-12H2,2-6H3;2-4H,1H3. The summed E-state index contributed by atoms with van der Waals surface area (Å²) >= 11 is 4.99. The van der Waals surface area contributed by atoms with E-state index >= 15 is 0 Å². The number of ether oxygens (including phenoxy) is 3. The zero-order chi connectivity index (χ0) is 50.0. The van der Waals surface area contributed by atoms with Crippen molar-refractivity contribution >= 4 is 56.4 Å². The van der Waals surface area contributed by atoms with Gasteiger partial charge in [-0.15, -0.1) is 39.9 Å². The number of aromatic hydroxyl groups is 2. The van der Waals surface area contributed by atoms with E-state index in [4.69, 9.17) is 26.0 Å². The van der Waals surface area contributed by atoms with E-state index in [9.17, 15) is 30.4 Å². The van der Waals surface area contributed by atoms with Crippen LogP contribution in [0.4, 0.5) is 28.4 Å². The van der Waals surface area contributed by atoms with Gasteiger partial charge in [0, 0.05) is 23.3 Å². The number of aryl methyl sites for hydroxylation is 1. The van der Waals surface area contributed by atoms with Crippen molar-refractivity contribution in [3.8, 4) is 28.7 Å². The van der Waals surface area contributed by atoms with Gasteiger partial charge in [-0.25, -0.2) is 0 Å². The first-order chi connectivity index (χ1) is 30.7. The van der Waals surface area contributed by atoms with E-state index in [1.54, 1.807) is 31.2 Å². The van der Waals surface area contributed by atoms with Crippen LogP contribution in [0.2, 0.25) is 38.3 Å². The number of nitro groups is 2. The van der Waals surface area contributed by atoms with Crippen LogP contribution in [0.25, 0.3) is 0 Å². The fourth-order valence-corrected chi connectivity index (χ4v) is 8.64. The maximum absolute atomic E-state index is 11.4. The van der Waals surface area contributed by atoms with Crippen LogP contribution in [-0.2, 0) is 10.8 Å². The van der Waals surface area contributed by atoms with Crippen LogP contribution in [0.3, 0.4) is 0 Å². The molecule has 0 atom stereocenters. The minimum absolute atomic E-state index is 0.0106. The molecule has 0 fully saturated rings.